The molecule has 31 heavy (non-hydrogen) atoms. The van der Waals surface area contributed by atoms with Crippen LogP contribution in [0.15, 0.2) is 54.6 Å². The highest BCUT2D eigenvalue weighted by Crippen LogP contribution is 2.39. The van der Waals surface area contributed by atoms with Crippen LogP contribution in [0.1, 0.15) is 10.4 Å². The van der Waals surface area contributed by atoms with Crippen molar-refractivity contribution in [2.75, 3.05) is 12.4 Å². The number of aromatic nitrogens is 1. The minimum Gasteiger partial charge on any atom is -0.490 e. The molecule has 7 nitrogen and oxygen atoms in total. The number of carbonyl (C=O) groups is 1. The number of nitro benzene ring substituents is 1. The Balaban J connectivity index is 1.69. The number of nitrogens with zero attached hydrogens (tertiary/aromatic N) is 2. The molecule has 0 fully saturated rings. The topological polar surface area (TPSA) is 94.4 Å². The third-order valence-corrected chi connectivity index (χ3v) is 6.16. The van der Waals surface area contributed by atoms with E-state index in [2.05, 4.69) is 10.3 Å². The lowest BCUT2D eigenvalue weighted by Crippen LogP contribution is -2.13. The number of rotatable bonds is 5. The molecule has 0 aliphatic heterocycles. The SMILES string of the molecule is COc1ccc(C(=O)Nc2cc(-c3nc4ccccc4s3)c(Cl)cc2Cl)cc1[N+](=O)[O-]. The van der Waals surface area contributed by atoms with E-state index >= 15 is 0 Å². The molecule has 10 heteroatoms. The van der Waals surface area contributed by atoms with Crippen LogP contribution in [0.2, 0.25) is 10.0 Å². The van der Waals surface area contributed by atoms with Gasteiger partial charge in [0.1, 0.15) is 5.01 Å². The van der Waals surface area contributed by atoms with E-state index in [0.29, 0.717) is 21.3 Å². The van der Waals surface area contributed by atoms with Gasteiger partial charge < -0.3 is 10.1 Å². The highest BCUT2D eigenvalue weighted by molar-refractivity contribution is 7.21. The third kappa shape index (κ3) is 4.18. The molecule has 1 heterocycles. The molecule has 0 aliphatic carbocycles. The maximum absolute atomic E-state index is 12.7. The summed E-state index contributed by atoms with van der Waals surface area (Å²) < 4.78 is 5.97. The molecular formula is C21H13Cl2N3O4S. The molecule has 1 N–H and O–H groups in total. The van der Waals surface area contributed by atoms with Crippen LogP contribution < -0.4 is 10.1 Å². The zero-order valence-corrected chi connectivity index (χ0v) is 18.2. The maximum Gasteiger partial charge on any atom is 0.311 e. The number of nitro groups is 1. The van der Waals surface area contributed by atoms with Crippen molar-refractivity contribution >= 4 is 62.0 Å². The smallest absolute Gasteiger partial charge is 0.311 e. The molecule has 4 aromatic rings. The number of fused-ring (bicyclic) bond motifs is 1. The molecule has 0 bridgehead atoms. The Hall–Kier alpha value is -3.20. The number of halogens is 2. The molecule has 4 rings (SSSR count). The molecule has 0 atom stereocenters. The summed E-state index contributed by atoms with van der Waals surface area (Å²) in [7, 11) is 1.32. The summed E-state index contributed by atoms with van der Waals surface area (Å²) in [5.41, 5.74) is 1.53. The van der Waals surface area contributed by atoms with Crippen LogP contribution in [0, 0.1) is 10.1 Å². The number of carbonyl (C=O) groups excluding carboxylic acids is 1. The van der Waals surface area contributed by atoms with Gasteiger partial charge in [0.15, 0.2) is 5.75 Å². The van der Waals surface area contributed by atoms with Gasteiger partial charge in [-0.05, 0) is 36.4 Å². The zero-order valence-electron chi connectivity index (χ0n) is 15.9. The summed E-state index contributed by atoms with van der Waals surface area (Å²) in [6.07, 6.45) is 0. The standard InChI is InChI=1S/C21H13Cl2N3O4S/c1-30-18-7-6-11(8-17(18)26(28)29)20(27)24-16-9-12(13(22)10-14(16)23)21-25-15-4-2-3-5-19(15)31-21/h2-10H,1H3,(H,24,27). The van der Waals surface area contributed by atoms with Crippen molar-refractivity contribution in [1.82, 2.24) is 4.98 Å². The first-order valence-corrected chi connectivity index (χ1v) is 10.4. The van der Waals surface area contributed by atoms with E-state index in [0.717, 1.165) is 16.3 Å². The van der Waals surface area contributed by atoms with Gasteiger partial charge in [0.05, 0.1) is 38.0 Å². The molecule has 3 aromatic carbocycles. The first-order valence-electron chi connectivity index (χ1n) is 8.86. The first kappa shape index (κ1) is 21.0. The summed E-state index contributed by atoms with van der Waals surface area (Å²) in [4.78, 5) is 27.9. The number of ether oxygens (including phenoxy) is 1. The molecule has 0 unspecified atom stereocenters. The molecule has 156 valence electrons. The van der Waals surface area contributed by atoms with Crippen LogP contribution in [0.4, 0.5) is 11.4 Å². The molecule has 0 saturated carbocycles. The van der Waals surface area contributed by atoms with Crippen LogP contribution in [-0.4, -0.2) is 22.9 Å². The van der Waals surface area contributed by atoms with Gasteiger partial charge in [0.2, 0.25) is 0 Å². The quantitative estimate of drug-likeness (QED) is 0.265. The summed E-state index contributed by atoms with van der Waals surface area (Å²) in [6, 6.07) is 14.8. The van der Waals surface area contributed by atoms with Crippen molar-refractivity contribution in [2.45, 2.75) is 0 Å². The summed E-state index contributed by atoms with van der Waals surface area (Å²) in [6.45, 7) is 0. The van der Waals surface area contributed by atoms with Gasteiger partial charge in [-0.2, -0.15) is 0 Å². The number of hydrogen-bond donors (Lipinski definition) is 1. The number of methoxy groups -OCH3 is 1. The van der Waals surface area contributed by atoms with E-state index < -0.39 is 10.8 Å². The fourth-order valence-corrected chi connectivity index (χ4v) is 4.54. The van der Waals surface area contributed by atoms with Gasteiger partial charge >= 0.3 is 5.69 Å². The van der Waals surface area contributed by atoms with Gasteiger partial charge in [0.25, 0.3) is 5.91 Å². The lowest BCUT2D eigenvalue weighted by atomic mass is 10.1. The van der Waals surface area contributed by atoms with Crippen molar-refractivity contribution in [3.8, 4) is 16.3 Å². The number of benzene rings is 3. The highest BCUT2D eigenvalue weighted by atomic mass is 35.5. The van der Waals surface area contributed by atoms with Crippen LogP contribution in [0.5, 0.6) is 5.75 Å². The van der Waals surface area contributed by atoms with Crippen LogP contribution in [0.3, 0.4) is 0 Å². The molecule has 0 spiro atoms. The summed E-state index contributed by atoms with van der Waals surface area (Å²) >= 11 is 14.1. The number of nitrogens with one attached hydrogen (secondary N) is 1. The Morgan fingerprint density at radius 2 is 1.90 bits per heavy atom. The first-order chi connectivity index (χ1) is 14.9. The maximum atomic E-state index is 12.7. The van der Waals surface area contributed by atoms with Gasteiger partial charge in [-0.25, -0.2) is 4.98 Å². The van der Waals surface area contributed by atoms with Crippen LogP contribution >= 0.6 is 34.5 Å². The fourth-order valence-electron chi connectivity index (χ4n) is 2.96. The molecule has 1 aromatic heterocycles. The Morgan fingerprint density at radius 3 is 2.61 bits per heavy atom. The van der Waals surface area contributed by atoms with E-state index in [-0.39, 0.29) is 22.0 Å². The molecule has 1 amide bonds. The Labute approximate surface area is 190 Å². The van der Waals surface area contributed by atoms with Crippen LogP contribution in [-0.2, 0) is 0 Å². The summed E-state index contributed by atoms with van der Waals surface area (Å²) in [5, 5.41) is 15.2. The normalized spacial score (nSPS) is 10.8. The van der Waals surface area contributed by atoms with Gasteiger partial charge in [-0.3, -0.25) is 14.9 Å². The number of thiazole rings is 1. The van der Waals surface area contributed by atoms with Crippen molar-refractivity contribution in [2.24, 2.45) is 0 Å². The van der Waals surface area contributed by atoms with E-state index in [4.69, 9.17) is 27.9 Å². The van der Waals surface area contributed by atoms with E-state index in [1.54, 1.807) is 6.07 Å². The summed E-state index contributed by atoms with van der Waals surface area (Å²) in [5.74, 6) is -0.505. The lowest BCUT2D eigenvalue weighted by Gasteiger charge is -2.11. The van der Waals surface area contributed by atoms with E-state index in [1.165, 1.54) is 36.6 Å². The largest absolute Gasteiger partial charge is 0.490 e. The lowest BCUT2D eigenvalue weighted by molar-refractivity contribution is -0.385. The number of hydrogen-bond acceptors (Lipinski definition) is 6. The number of amides is 1. The van der Waals surface area contributed by atoms with Gasteiger partial charge in [-0.15, -0.1) is 11.3 Å². The molecule has 0 aliphatic rings. The molecule has 0 radical (unpaired) electrons. The fraction of sp³-hybridized carbons (Fsp3) is 0.0476. The zero-order chi connectivity index (χ0) is 22.1. The van der Waals surface area contributed by atoms with Gasteiger partial charge in [-0.1, -0.05) is 35.3 Å². The van der Waals surface area contributed by atoms with Gasteiger partial charge in [0, 0.05) is 17.2 Å². The second kappa shape index (κ2) is 8.50. The minimum atomic E-state index is -0.615. The average Bonchev–Trinajstić information content (AvgIpc) is 3.18. The molecule has 0 saturated heterocycles. The van der Waals surface area contributed by atoms with Crippen molar-refractivity contribution in [3.05, 3.63) is 80.3 Å². The monoisotopic (exact) mass is 473 g/mol. The highest BCUT2D eigenvalue weighted by Gasteiger charge is 2.20. The van der Waals surface area contributed by atoms with Crippen molar-refractivity contribution in [1.29, 1.82) is 0 Å². The van der Waals surface area contributed by atoms with Crippen LogP contribution in [0.25, 0.3) is 20.8 Å². The molecular weight excluding hydrogens is 461 g/mol. The van der Waals surface area contributed by atoms with Crippen molar-refractivity contribution < 1.29 is 14.5 Å². The van der Waals surface area contributed by atoms with Crippen molar-refractivity contribution in [3.63, 3.8) is 0 Å². The second-order valence-corrected chi connectivity index (χ2v) is 8.24. The predicted molar refractivity (Wildman–Crippen MR) is 123 cm³/mol. The number of para-hydroxylation sites is 1. The number of anilines is 1. The average molecular weight is 474 g/mol. The van der Waals surface area contributed by atoms with E-state index in [1.807, 2.05) is 24.3 Å². The Bertz CT molecular complexity index is 1310. The Morgan fingerprint density at radius 1 is 1.13 bits per heavy atom. The second-order valence-electron chi connectivity index (χ2n) is 6.40. The predicted octanol–water partition coefficient (Wildman–Crippen LogP) is 6.44. The Kier molecular flexibility index (Phi) is 5.77. The third-order valence-electron chi connectivity index (χ3n) is 4.47. The minimum absolute atomic E-state index is 0.0594. The van der Waals surface area contributed by atoms with E-state index in [9.17, 15) is 14.9 Å².